The van der Waals surface area contributed by atoms with Gasteiger partial charge >= 0.3 is 12.1 Å². The Bertz CT molecular complexity index is 796. The van der Waals surface area contributed by atoms with E-state index in [9.17, 15) is 9.59 Å². The van der Waals surface area contributed by atoms with Crippen molar-refractivity contribution in [2.75, 3.05) is 26.7 Å². The molecule has 4 rings (SSSR count). The third-order valence-corrected chi connectivity index (χ3v) is 5.54. The molecule has 2 fully saturated rings. The first-order valence-corrected chi connectivity index (χ1v) is 9.51. The molecular weight excluding hydrogens is 356 g/mol. The van der Waals surface area contributed by atoms with E-state index in [-0.39, 0.29) is 18.2 Å². The van der Waals surface area contributed by atoms with Crippen LogP contribution in [-0.2, 0) is 4.74 Å². The maximum Gasteiger partial charge on any atom is 0.410 e. The van der Waals surface area contributed by atoms with Crippen LogP contribution in [0.25, 0.3) is 0 Å². The molecule has 146 valence electrons. The van der Waals surface area contributed by atoms with Gasteiger partial charge in [0.2, 0.25) is 0 Å². The fraction of sp³-hybridized carbons (Fsp3) is 0.381. The summed E-state index contributed by atoms with van der Waals surface area (Å²) in [6, 6.07) is 13.4. The molecule has 0 unspecified atom stereocenters. The first kappa shape index (κ1) is 18.3. The molecule has 0 saturated carbocycles. The summed E-state index contributed by atoms with van der Waals surface area (Å²) < 4.78 is 5.57. The van der Waals surface area contributed by atoms with Crippen molar-refractivity contribution >= 4 is 12.1 Å². The van der Waals surface area contributed by atoms with Crippen LogP contribution in [0.15, 0.2) is 54.9 Å². The summed E-state index contributed by atoms with van der Waals surface area (Å²) in [5.41, 5.74) is 1.54. The molecule has 0 aliphatic carbocycles. The average Bonchev–Trinajstić information content (AvgIpc) is 3.00. The highest BCUT2D eigenvalue weighted by molar-refractivity contribution is 5.76. The quantitative estimate of drug-likeness (QED) is 0.889. The van der Waals surface area contributed by atoms with Gasteiger partial charge in [0.15, 0.2) is 0 Å². The zero-order chi connectivity index (χ0) is 19.6. The molecule has 7 heteroatoms. The number of hydrogen-bond acceptors (Lipinski definition) is 4. The van der Waals surface area contributed by atoms with Crippen LogP contribution in [0.3, 0.4) is 0 Å². The summed E-state index contributed by atoms with van der Waals surface area (Å²) in [6.45, 7) is 1.71. The second-order valence-corrected chi connectivity index (χ2v) is 7.47. The van der Waals surface area contributed by atoms with Crippen LogP contribution in [0.1, 0.15) is 30.0 Å². The number of hydrogen-bond donors (Lipinski definition) is 1. The molecule has 28 heavy (non-hydrogen) atoms. The van der Waals surface area contributed by atoms with Crippen molar-refractivity contribution in [3.63, 3.8) is 0 Å². The number of likely N-dealkylation sites (tertiary alicyclic amines) is 1. The highest BCUT2D eigenvalue weighted by Crippen LogP contribution is 2.32. The van der Waals surface area contributed by atoms with Crippen molar-refractivity contribution in [2.24, 2.45) is 0 Å². The van der Waals surface area contributed by atoms with E-state index in [0.29, 0.717) is 32.5 Å². The Balaban J connectivity index is 1.45. The second-order valence-electron chi connectivity index (χ2n) is 7.47. The number of nitrogens with zero attached hydrogens (tertiary/aromatic N) is 3. The highest BCUT2D eigenvalue weighted by Gasteiger charge is 2.46. The summed E-state index contributed by atoms with van der Waals surface area (Å²) in [7, 11) is 1.75. The van der Waals surface area contributed by atoms with Gasteiger partial charge in [-0.3, -0.25) is 4.98 Å². The van der Waals surface area contributed by atoms with Gasteiger partial charge in [0.25, 0.3) is 0 Å². The molecule has 3 heterocycles. The van der Waals surface area contributed by atoms with Crippen LogP contribution >= 0.6 is 0 Å². The van der Waals surface area contributed by atoms with Crippen LogP contribution in [-0.4, -0.2) is 59.2 Å². The zero-order valence-electron chi connectivity index (χ0n) is 15.9. The number of urea groups is 1. The van der Waals surface area contributed by atoms with Gasteiger partial charge < -0.3 is 19.9 Å². The van der Waals surface area contributed by atoms with Crippen molar-refractivity contribution in [2.45, 2.75) is 24.5 Å². The third kappa shape index (κ3) is 3.65. The van der Waals surface area contributed by atoms with Gasteiger partial charge in [0.05, 0.1) is 12.6 Å². The fourth-order valence-corrected chi connectivity index (χ4v) is 3.94. The van der Waals surface area contributed by atoms with E-state index in [2.05, 4.69) is 10.3 Å². The Labute approximate surface area is 164 Å². The number of piperidine rings is 1. The number of carbonyl (C=O) groups is 2. The molecular formula is C21H24N4O3. The van der Waals surface area contributed by atoms with Gasteiger partial charge in [-0.25, -0.2) is 9.59 Å². The smallest absolute Gasteiger partial charge is 0.410 e. The van der Waals surface area contributed by atoms with E-state index in [1.165, 1.54) is 0 Å². The highest BCUT2D eigenvalue weighted by atomic mass is 16.6. The van der Waals surface area contributed by atoms with Crippen molar-refractivity contribution < 1.29 is 14.3 Å². The number of rotatable bonds is 3. The molecule has 2 saturated heterocycles. The van der Waals surface area contributed by atoms with Crippen molar-refractivity contribution in [3.05, 3.63) is 66.0 Å². The Morgan fingerprint density at radius 3 is 2.36 bits per heavy atom. The Hall–Kier alpha value is -3.09. The van der Waals surface area contributed by atoms with Crippen LogP contribution in [0.5, 0.6) is 0 Å². The minimum absolute atomic E-state index is 0.113. The number of nitrogens with one attached hydrogen (secondary N) is 1. The summed E-state index contributed by atoms with van der Waals surface area (Å²) in [6.07, 6.45) is 4.49. The molecule has 1 aromatic carbocycles. The molecule has 1 aromatic heterocycles. The van der Waals surface area contributed by atoms with E-state index in [1.54, 1.807) is 29.2 Å². The van der Waals surface area contributed by atoms with E-state index in [4.69, 9.17) is 4.74 Å². The summed E-state index contributed by atoms with van der Waals surface area (Å²) >= 11 is 0. The molecule has 1 N–H and O–H groups in total. The van der Waals surface area contributed by atoms with E-state index in [0.717, 1.165) is 11.1 Å². The number of amides is 3. The minimum atomic E-state index is -0.452. The average molecular weight is 380 g/mol. The first-order chi connectivity index (χ1) is 13.6. The molecule has 0 radical (unpaired) electrons. The number of benzene rings is 1. The number of ether oxygens (including phenoxy) is 1. The Morgan fingerprint density at radius 2 is 1.75 bits per heavy atom. The Morgan fingerprint density at radius 1 is 1.11 bits per heavy atom. The van der Waals surface area contributed by atoms with E-state index >= 15 is 0 Å². The van der Waals surface area contributed by atoms with Crippen LogP contribution in [0.2, 0.25) is 0 Å². The van der Waals surface area contributed by atoms with E-state index < -0.39 is 5.60 Å². The van der Waals surface area contributed by atoms with Gasteiger partial charge in [-0.2, -0.15) is 0 Å². The molecule has 2 aliphatic heterocycles. The van der Waals surface area contributed by atoms with Crippen molar-refractivity contribution in [1.82, 2.24) is 20.1 Å². The maximum absolute atomic E-state index is 13.0. The van der Waals surface area contributed by atoms with Crippen LogP contribution in [0.4, 0.5) is 9.59 Å². The van der Waals surface area contributed by atoms with Crippen LogP contribution in [0, 0.1) is 0 Å². The largest absolute Gasteiger partial charge is 0.441 e. The summed E-state index contributed by atoms with van der Waals surface area (Å²) in [5.74, 6) is 0. The topological polar surface area (TPSA) is 74.8 Å². The number of carbonyl (C=O) groups excluding carboxylic acids is 2. The SMILES string of the molecule is CN1CC2(CCN(C(=O)N[C@@H](c3ccccc3)c3ccncc3)CC2)OC1=O. The Kier molecular flexibility index (Phi) is 4.90. The first-order valence-electron chi connectivity index (χ1n) is 9.51. The lowest BCUT2D eigenvalue weighted by atomic mass is 9.91. The number of likely N-dealkylation sites (N-methyl/N-ethyl adjacent to an activating group) is 1. The lowest BCUT2D eigenvalue weighted by Gasteiger charge is -2.38. The summed E-state index contributed by atoms with van der Waals surface area (Å²) in [4.78, 5) is 32.2. The number of aromatic nitrogens is 1. The van der Waals surface area contributed by atoms with Gasteiger partial charge in [0.1, 0.15) is 5.60 Å². The van der Waals surface area contributed by atoms with E-state index in [1.807, 2.05) is 42.5 Å². The minimum Gasteiger partial charge on any atom is -0.441 e. The predicted octanol–water partition coefficient (Wildman–Crippen LogP) is 2.80. The third-order valence-electron chi connectivity index (χ3n) is 5.54. The summed E-state index contributed by atoms with van der Waals surface area (Å²) in [5, 5.41) is 3.16. The second kappa shape index (κ2) is 7.50. The van der Waals surface area contributed by atoms with Crippen molar-refractivity contribution in [3.8, 4) is 0 Å². The molecule has 0 bridgehead atoms. The zero-order valence-corrected chi connectivity index (χ0v) is 15.9. The monoisotopic (exact) mass is 380 g/mol. The molecule has 7 nitrogen and oxygen atoms in total. The lowest BCUT2D eigenvalue weighted by Crippen LogP contribution is -2.51. The molecule has 3 amide bonds. The molecule has 1 spiro atoms. The van der Waals surface area contributed by atoms with Gasteiger partial charge in [-0.1, -0.05) is 30.3 Å². The van der Waals surface area contributed by atoms with Crippen molar-refractivity contribution in [1.29, 1.82) is 0 Å². The molecule has 2 aliphatic rings. The van der Waals surface area contributed by atoms with Gasteiger partial charge in [-0.15, -0.1) is 0 Å². The maximum atomic E-state index is 13.0. The predicted molar refractivity (Wildman–Crippen MR) is 104 cm³/mol. The number of pyridine rings is 1. The molecule has 1 atom stereocenters. The fourth-order valence-electron chi connectivity index (χ4n) is 3.94. The van der Waals surface area contributed by atoms with Crippen LogP contribution < -0.4 is 5.32 Å². The normalized spacial score (nSPS) is 19.4. The van der Waals surface area contributed by atoms with Gasteiger partial charge in [-0.05, 0) is 23.3 Å². The van der Waals surface area contributed by atoms with Gasteiger partial charge in [0, 0.05) is 45.4 Å². The standard InChI is InChI=1S/C21H24N4O3/c1-24-15-21(28-20(24)27)9-13-25(14-10-21)19(26)23-18(16-5-3-2-4-6-16)17-7-11-22-12-8-17/h2-8,11-12,18H,9-10,13-15H2,1H3,(H,23,26)/t18-/m0/s1. The lowest BCUT2D eigenvalue weighted by molar-refractivity contribution is 0.00951. The molecule has 2 aromatic rings.